The summed E-state index contributed by atoms with van der Waals surface area (Å²) in [5.74, 6) is 6.06. The average Bonchev–Trinajstić information content (AvgIpc) is 2.85. The lowest BCUT2D eigenvalue weighted by atomic mass is 9.93. The van der Waals surface area contributed by atoms with Gasteiger partial charge in [0.25, 0.3) is 5.91 Å². The van der Waals surface area contributed by atoms with Crippen molar-refractivity contribution in [2.45, 2.75) is 20.3 Å². The van der Waals surface area contributed by atoms with Crippen molar-refractivity contribution in [2.75, 3.05) is 18.5 Å². The van der Waals surface area contributed by atoms with E-state index in [1.807, 2.05) is 35.2 Å². The third-order valence-electron chi connectivity index (χ3n) is 4.06. The van der Waals surface area contributed by atoms with Crippen molar-refractivity contribution >= 4 is 22.5 Å². The maximum Gasteiger partial charge on any atom is 0.272 e. The molecule has 1 fully saturated rings. The number of rotatable bonds is 2. The van der Waals surface area contributed by atoms with Gasteiger partial charge < -0.3 is 10.3 Å². The van der Waals surface area contributed by atoms with Crippen LogP contribution < -0.4 is 11.3 Å². The molecule has 5 nitrogen and oxygen atoms in total. The van der Waals surface area contributed by atoms with Crippen LogP contribution in [0.25, 0.3) is 10.8 Å². The summed E-state index contributed by atoms with van der Waals surface area (Å²) in [6.07, 6.45) is 1.02. The smallest absolute Gasteiger partial charge is 0.272 e. The van der Waals surface area contributed by atoms with Gasteiger partial charge in [-0.25, -0.2) is 10.8 Å². The molecular weight excluding hydrogens is 264 g/mol. The Labute approximate surface area is 124 Å². The first kappa shape index (κ1) is 13.8. The second-order valence-corrected chi connectivity index (χ2v) is 6.36. The summed E-state index contributed by atoms with van der Waals surface area (Å²) >= 11 is 0. The summed E-state index contributed by atoms with van der Waals surface area (Å²) in [6, 6.07) is 9.60. The summed E-state index contributed by atoms with van der Waals surface area (Å²) in [5, 5.41) is 1.88. The van der Waals surface area contributed by atoms with Crippen molar-refractivity contribution in [3.05, 3.63) is 36.0 Å². The van der Waals surface area contributed by atoms with Crippen molar-refractivity contribution in [1.29, 1.82) is 0 Å². The Kier molecular flexibility index (Phi) is 3.29. The third-order valence-corrected chi connectivity index (χ3v) is 4.06. The summed E-state index contributed by atoms with van der Waals surface area (Å²) in [4.78, 5) is 18.9. The molecular formula is C16H20N4O. The van der Waals surface area contributed by atoms with E-state index in [4.69, 9.17) is 5.84 Å². The molecule has 21 heavy (non-hydrogen) atoms. The quantitative estimate of drug-likeness (QED) is 0.656. The van der Waals surface area contributed by atoms with E-state index >= 15 is 0 Å². The van der Waals surface area contributed by atoms with Crippen molar-refractivity contribution in [2.24, 2.45) is 11.3 Å². The lowest BCUT2D eigenvalue weighted by Crippen LogP contribution is -2.31. The number of fused-ring (bicyclic) bond motifs is 1. The topological polar surface area (TPSA) is 71.2 Å². The van der Waals surface area contributed by atoms with Crippen LogP contribution in [0.15, 0.2) is 30.3 Å². The lowest BCUT2D eigenvalue weighted by molar-refractivity contribution is 0.0773. The van der Waals surface area contributed by atoms with Gasteiger partial charge in [0.05, 0.1) is 0 Å². The maximum absolute atomic E-state index is 12.6. The minimum absolute atomic E-state index is 0.0252. The first-order chi connectivity index (χ1) is 10.00. The molecule has 0 unspecified atom stereocenters. The molecule has 1 saturated heterocycles. The van der Waals surface area contributed by atoms with E-state index in [1.165, 1.54) is 0 Å². The molecule has 0 aliphatic carbocycles. The van der Waals surface area contributed by atoms with Gasteiger partial charge in [0, 0.05) is 18.5 Å². The van der Waals surface area contributed by atoms with Crippen LogP contribution in [0.5, 0.6) is 0 Å². The van der Waals surface area contributed by atoms with E-state index in [9.17, 15) is 4.79 Å². The van der Waals surface area contributed by atoms with Crippen molar-refractivity contribution in [3.63, 3.8) is 0 Å². The highest BCUT2D eigenvalue weighted by Gasteiger charge is 2.33. The SMILES string of the molecule is CC1(C)CCN(C(=O)c2cc3ccccc3c(NN)n2)C1. The number of hydrazine groups is 1. The van der Waals surface area contributed by atoms with E-state index < -0.39 is 0 Å². The number of nitrogens with zero attached hydrogens (tertiary/aromatic N) is 2. The number of hydrogen-bond acceptors (Lipinski definition) is 4. The van der Waals surface area contributed by atoms with Crippen LogP contribution in [0.2, 0.25) is 0 Å². The highest BCUT2D eigenvalue weighted by atomic mass is 16.2. The number of likely N-dealkylation sites (tertiary alicyclic amines) is 1. The summed E-state index contributed by atoms with van der Waals surface area (Å²) in [5.41, 5.74) is 3.22. The standard InChI is InChI=1S/C16H20N4O/c1-16(2)7-8-20(10-16)15(21)13-9-11-5-3-4-6-12(11)14(18-13)19-17/h3-6,9H,7-8,10,17H2,1-2H3,(H,18,19). The predicted octanol–water partition coefficient (Wildman–Crippen LogP) is 2.39. The summed E-state index contributed by atoms with van der Waals surface area (Å²) in [6.45, 7) is 5.92. The second-order valence-electron chi connectivity index (χ2n) is 6.36. The Morgan fingerprint density at radius 3 is 2.81 bits per heavy atom. The molecule has 1 amide bonds. The molecule has 1 aliphatic heterocycles. The van der Waals surface area contributed by atoms with Gasteiger partial charge in [-0.1, -0.05) is 38.1 Å². The van der Waals surface area contributed by atoms with Gasteiger partial charge in [-0.15, -0.1) is 0 Å². The van der Waals surface area contributed by atoms with Crippen LogP contribution in [-0.4, -0.2) is 28.9 Å². The van der Waals surface area contributed by atoms with Crippen LogP contribution >= 0.6 is 0 Å². The van der Waals surface area contributed by atoms with Crippen LogP contribution in [0.4, 0.5) is 5.82 Å². The zero-order chi connectivity index (χ0) is 15.0. The second kappa shape index (κ2) is 5.00. The number of nitrogens with one attached hydrogen (secondary N) is 1. The van der Waals surface area contributed by atoms with E-state index in [0.717, 1.165) is 30.3 Å². The van der Waals surface area contributed by atoms with Gasteiger partial charge in [0.1, 0.15) is 11.5 Å². The molecule has 1 aliphatic rings. The molecule has 2 aromatic rings. The number of aromatic nitrogens is 1. The predicted molar refractivity (Wildman–Crippen MR) is 83.9 cm³/mol. The van der Waals surface area contributed by atoms with Gasteiger partial charge in [0.15, 0.2) is 0 Å². The molecule has 1 aromatic heterocycles. The molecule has 0 saturated carbocycles. The van der Waals surface area contributed by atoms with Gasteiger partial charge in [-0.05, 0) is 23.3 Å². The number of nitrogens with two attached hydrogens (primary N) is 1. The third kappa shape index (κ3) is 2.56. The van der Waals surface area contributed by atoms with Crippen LogP contribution in [0.3, 0.4) is 0 Å². The fourth-order valence-electron chi connectivity index (χ4n) is 2.87. The zero-order valence-corrected chi connectivity index (χ0v) is 12.4. The molecule has 5 heteroatoms. The normalized spacial score (nSPS) is 17.2. The van der Waals surface area contributed by atoms with Crippen molar-refractivity contribution in [1.82, 2.24) is 9.88 Å². The molecule has 110 valence electrons. The fourth-order valence-corrected chi connectivity index (χ4v) is 2.87. The highest BCUT2D eigenvalue weighted by Crippen LogP contribution is 2.30. The molecule has 0 radical (unpaired) electrons. The Morgan fingerprint density at radius 2 is 2.14 bits per heavy atom. The van der Waals surface area contributed by atoms with E-state index in [1.54, 1.807) is 0 Å². The zero-order valence-electron chi connectivity index (χ0n) is 12.4. The number of nitrogen functional groups attached to an aromatic ring is 1. The first-order valence-corrected chi connectivity index (χ1v) is 7.16. The Hall–Kier alpha value is -2.14. The number of carbonyl (C=O) groups excluding carboxylic acids is 1. The van der Waals surface area contributed by atoms with Gasteiger partial charge in [-0.2, -0.15) is 0 Å². The molecule has 1 aromatic carbocycles. The molecule has 0 atom stereocenters. The number of amides is 1. The van der Waals surface area contributed by atoms with E-state index in [0.29, 0.717) is 11.5 Å². The maximum atomic E-state index is 12.6. The minimum atomic E-state index is -0.0252. The van der Waals surface area contributed by atoms with E-state index in [-0.39, 0.29) is 11.3 Å². The molecule has 0 bridgehead atoms. The van der Waals surface area contributed by atoms with Crippen LogP contribution in [0, 0.1) is 5.41 Å². The van der Waals surface area contributed by atoms with Gasteiger partial charge in [0.2, 0.25) is 0 Å². The number of carbonyl (C=O) groups is 1. The van der Waals surface area contributed by atoms with Gasteiger partial charge >= 0.3 is 0 Å². The molecule has 3 rings (SSSR count). The fraction of sp³-hybridized carbons (Fsp3) is 0.375. The van der Waals surface area contributed by atoms with Gasteiger partial charge in [-0.3, -0.25) is 4.79 Å². The van der Waals surface area contributed by atoms with Crippen LogP contribution in [0.1, 0.15) is 30.8 Å². The van der Waals surface area contributed by atoms with Crippen LogP contribution in [-0.2, 0) is 0 Å². The Morgan fingerprint density at radius 1 is 1.38 bits per heavy atom. The first-order valence-electron chi connectivity index (χ1n) is 7.16. The van der Waals surface area contributed by atoms with E-state index in [2.05, 4.69) is 24.3 Å². The summed E-state index contributed by atoms with van der Waals surface area (Å²) in [7, 11) is 0. The summed E-state index contributed by atoms with van der Waals surface area (Å²) < 4.78 is 0. The number of benzene rings is 1. The largest absolute Gasteiger partial charge is 0.337 e. The minimum Gasteiger partial charge on any atom is -0.337 e. The highest BCUT2D eigenvalue weighted by molar-refractivity contribution is 6.00. The molecule has 2 heterocycles. The molecule has 3 N–H and O–H groups in total. The number of anilines is 1. The molecule has 0 spiro atoms. The average molecular weight is 284 g/mol. The lowest BCUT2D eigenvalue weighted by Gasteiger charge is -2.20. The monoisotopic (exact) mass is 284 g/mol. The number of pyridine rings is 1. The Balaban J connectivity index is 1.99. The Bertz CT molecular complexity index is 696. The van der Waals surface area contributed by atoms with Crippen molar-refractivity contribution < 1.29 is 4.79 Å². The number of hydrogen-bond donors (Lipinski definition) is 2. The van der Waals surface area contributed by atoms with Crippen molar-refractivity contribution in [3.8, 4) is 0 Å².